The zero-order chi connectivity index (χ0) is 10.9. The van der Waals surface area contributed by atoms with E-state index in [1.807, 2.05) is 50.3 Å². The van der Waals surface area contributed by atoms with Crippen molar-refractivity contribution < 1.29 is 9.53 Å². The number of benzene rings is 1. The third kappa shape index (κ3) is 1.67. The molecular weight excluding hydrogens is 188 g/mol. The summed E-state index contributed by atoms with van der Waals surface area (Å²) >= 11 is 0. The van der Waals surface area contributed by atoms with Gasteiger partial charge in [-0.15, -0.1) is 0 Å². The summed E-state index contributed by atoms with van der Waals surface area (Å²) < 4.78 is 5.28. The van der Waals surface area contributed by atoms with Crippen LogP contribution in [-0.2, 0) is 9.53 Å². The van der Waals surface area contributed by atoms with Gasteiger partial charge in [0, 0.05) is 5.56 Å². The summed E-state index contributed by atoms with van der Waals surface area (Å²) in [6.45, 7) is 3.90. The largest absolute Gasteiger partial charge is 0.426 e. The SMILES string of the molecule is CCC1(C)C=C(c2ccccc2)OC1=O. The van der Waals surface area contributed by atoms with Crippen LogP contribution in [0.3, 0.4) is 0 Å². The van der Waals surface area contributed by atoms with Crippen LogP contribution in [0.15, 0.2) is 36.4 Å². The van der Waals surface area contributed by atoms with Crippen LogP contribution in [0.5, 0.6) is 0 Å². The summed E-state index contributed by atoms with van der Waals surface area (Å²) in [7, 11) is 0. The highest BCUT2D eigenvalue weighted by molar-refractivity contribution is 5.90. The molecule has 2 heteroatoms. The van der Waals surface area contributed by atoms with Crippen LogP contribution in [0.4, 0.5) is 0 Å². The molecule has 1 atom stereocenters. The summed E-state index contributed by atoms with van der Waals surface area (Å²) in [5, 5.41) is 0. The number of ether oxygens (including phenoxy) is 1. The second-order valence-electron chi connectivity index (χ2n) is 4.04. The van der Waals surface area contributed by atoms with Crippen molar-refractivity contribution in [2.45, 2.75) is 20.3 Å². The lowest BCUT2D eigenvalue weighted by molar-refractivity contribution is -0.142. The fourth-order valence-corrected chi connectivity index (χ4v) is 1.59. The fraction of sp³-hybridized carbons (Fsp3) is 0.308. The van der Waals surface area contributed by atoms with E-state index < -0.39 is 5.41 Å². The van der Waals surface area contributed by atoms with Crippen molar-refractivity contribution in [3.05, 3.63) is 42.0 Å². The van der Waals surface area contributed by atoms with Crippen molar-refractivity contribution in [1.82, 2.24) is 0 Å². The maximum Gasteiger partial charge on any atom is 0.321 e. The molecule has 0 spiro atoms. The van der Waals surface area contributed by atoms with Crippen molar-refractivity contribution >= 4 is 11.7 Å². The second-order valence-corrected chi connectivity index (χ2v) is 4.04. The molecule has 1 unspecified atom stereocenters. The Labute approximate surface area is 89.6 Å². The predicted molar refractivity (Wildman–Crippen MR) is 58.9 cm³/mol. The zero-order valence-electron chi connectivity index (χ0n) is 8.99. The molecule has 78 valence electrons. The summed E-state index contributed by atoms with van der Waals surface area (Å²) in [5.74, 6) is 0.536. The Morgan fingerprint density at radius 1 is 1.27 bits per heavy atom. The molecule has 0 amide bonds. The third-order valence-electron chi connectivity index (χ3n) is 2.91. The van der Waals surface area contributed by atoms with E-state index >= 15 is 0 Å². The van der Waals surface area contributed by atoms with Crippen LogP contribution in [-0.4, -0.2) is 5.97 Å². The fourth-order valence-electron chi connectivity index (χ4n) is 1.59. The maximum atomic E-state index is 11.6. The molecule has 0 saturated heterocycles. The molecule has 0 bridgehead atoms. The first kappa shape index (κ1) is 9.97. The number of carbonyl (C=O) groups excluding carboxylic acids is 1. The van der Waals surface area contributed by atoms with Gasteiger partial charge in [-0.3, -0.25) is 4.79 Å². The molecule has 0 radical (unpaired) electrons. The van der Waals surface area contributed by atoms with E-state index in [4.69, 9.17) is 4.74 Å². The van der Waals surface area contributed by atoms with Gasteiger partial charge >= 0.3 is 5.97 Å². The zero-order valence-corrected chi connectivity index (χ0v) is 8.99. The van der Waals surface area contributed by atoms with Gasteiger partial charge in [-0.2, -0.15) is 0 Å². The lowest BCUT2D eigenvalue weighted by atomic mass is 9.88. The summed E-state index contributed by atoms with van der Waals surface area (Å²) in [6.07, 6.45) is 2.69. The lowest BCUT2D eigenvalue weighted by Gasteiger charge is -2.12. The van der Waals surface area contributed by atoms with Gasteiger partial charge < -0.3 is 4.74 Å². The van der Waals surface area contributed by atoms with Crippen LogP contribution >= 0.6 is 0 Å². The summed E-state index contributed by atoms with van der Waals surface area (Å²) in [6, 6.07) is 9.71. The van der Waals surface area contributed by atoms with Gasteiger partial charge in [-0.25, -0.2) is 0 Å². The van der Waals surface area contributed by atoms with E-state index in [9.17, 15) is 4.79 Å². The van der Waals surface area contributed by atoms with E-state index in [2.05, 4.69) is 0 Å². The Hall–Kier alpha value is -1.57. The summed E-state index contributed by atoms with van der Waals surface area (Å²) in [5.41, 5.74) is 0.508. The van der Waals surface area contributed by atoms with Gasteiger partial charge in [0.15, 0.2) is 0 Å². The number of cyclic esters (lactones) is 1. The smallest absolute Gasteiger partial charge is 0.321 e. The van der Waals surface area contributed by atoms with Crippen LogP contribution in [0.2, 0.25) is 0 Å². The Morgan fingerprint density at radius 3 is 2.47 bits per heavy atom. The summed E-state index contributed by atoms with van der Waals surface area (Å²) in [4.78, 5) is 11.6. The van der Waals surface area contributed by atoms with E-state index in [1.54, 1.807) is 0 Å². The van der Waals surface area contributed by atoms with Gasteiger partial charge in [0.1, 0.15) is 5.76 Å². The third-order valence-corrected chi connectivity index (χ3v) is 2.91. The number of hydrogen-bond donors (Lipinski definition) is 0. The molecule has 1 aliphatic heterocycles. The van der Waals surface area contributed by atoms with E-state index in [0.29, 0.717) is 5.76 Å². The number of hydrogen-bond acceptors (Lipinski definition) is 2. The molecule has 0 saturated carbocycles. The highest BCUT2D eigenvalue weighted by Crippen LogP contribution is 2.37. The van der Waals surface area contributed by atoms with E-state index in [-0.39, 0.29) is 5.97 Å². The van der Waals surface area contributed by atoms with Gasteiger partial charge in [0.25, 0.3) is 0 Å². The monoisotopic (exact) mass is 202 g/mol. The van der Waals surface area contributed by atoms with Gasteiger partial charge in [-0.05, 0) is 19.4 Å². The molecule has 1 heterocycles. The quantitative estimate of drug-likeness (QED) is 0.689. The number of rotatable bonds is 2. The Bertz CT molecular complexity index is 406. The Morgan fingerprint density at radius 2 is 1.93 bits per heavy atom. The molecule has 0 N–H and O–H groups in total. The minimum Gasteiger partial charge on any atom is -0.426 e. The molecular formula is C13H14O2. The van der Waals surface area contributed by atoms with Crippen LogP contribution in [0, 0.1) is 5.41 Å². The second kappa shape index (κ2) is 3.54. The highest BCUT2D eigenvalue weighted by atomic mass is 16.5. The van der Waals surface area contributed by atoms with Crippen molar-refractivity contribution in [3.8, 4) is 0 Å². The van der Waals surface area contributed by atoms with Crippen LogP contribution in [0.1, 0.15) is 25.8 Å². The normalized spacial score (nSPS) is 24.9. The van der Waals surface area contributed by atoms with Crippen LogP contribution < -0.4 is 0 Å². The average Bonchev–Trinajstić information content (AvgIpc) is 2.58. The highest BCUT2D eigenvalue weighted by Gasteiger charge is 2.38. The first-order valence-electron chi connectivity index (χ1n) is 5.16. The minimum absolute atomic E-state index is 0.149. The van der Waals surface area contributed by atoms with E-state index in [1.165, 1.54) is 0 Å². The van der Waals surface area contributed by atoms with Crippen molar-refractivity contribution in [2.75, 3.05) is 0 Å². The molecule has 2 nitrogen and oxygen atoms in total. The molecule has 1 aromatic rings. The standard InChI is InChI=1S/C13H14O2/c1-3-13(2)9-11(15-12(13)14)10-7-5-4-6-8-10/h4-9H,3H2,1-2H3. The number of esters is 1. The molecule has 0 aromatic heterocycles. The first-order valence-corrected chi connectivity index (χ1v) is 5.16. The maximum absolute atomic E-state index is 11.6. The van der Waals surface area contributed by atoms with Crippen molar-refractivity contribution in [3.63, 3.8) is 0 Å². The first-order chi connectivity index (χ1) is 7.15. The number of carbonyl (C=O) groups is 1. The predicted octanol–water partition coefficient (Wildman–Crippen LogP) is 3.00. The topological polar surface area (TPSA) is 26.3 Å². The van der Waals surface area contributed by atoms with Crippen molar-refractivity contribution in [1.29, 1.82) is 0 Å². The molecule has 0 aliphatic carbocycles. The van der Waals surface area contributed by atoms with Gasteiger partial charge in [-0.1, -0.05) is 37.3 Å². The minimum atomic E-state index is -0.453. The lowest BCUT2D eigenvalue weighted by Crippen LogP contribution is -2.20. The molecule has 2 rings (SSSR count). The van der Waals surface area contributed by atoms with Gasteiger partial charge in [0.05, 0.1) is 5.41 Å². The molecule has 1 aliphatic rings. The Balaban J connectivity index is 2.35. The average molecular weight is 202 g/mol. The Kier molecular flexibility index (Phi) is 2.35. The van der Waals surface area contributed by atoms with E-state index in [0.717, 1.165) is 12.0 Å². The van der Waals surface area contributed by atoms with Crippen LogP contribution in [0.25, 0.3) is 5.76 Å². The van der Waals surface area contributed by atoms with Gasteiger partial charge in [0.2, 0.25) is 0 Å². The molecule has 1 aromatic carbocycles. The molecule has 15 heavy (non-hydrogen) atoms. The molecule has 0 fully saturated rings. The van der Waals surface area contributed by atoms with Crippen molar-refractivity contribution in [2.24, 2.45) is 5.41 Å².